The molecule has 0 amide bonds. The lowest BCUT2D eigenvalue weighted by Gasteiger charge is -2.11. The van der Waals surface area contributed by atoms with Crippen molar-refractivity contribution in [2.45, 2.75) is 116 Å². The fourth-order valence-corrected chi connectivity index (χ4v) is 9.27. The van der Waals surface area contributed by atoms with E-state index in [1.54, 1.807) is 97.1 Å². The summed E-state index contributed by atoms with van der Waals surface area (Å²) in [7, 11) is 0. The van der Waals surface area contributed by atoms with E-state index in [1.807, 2.05) is 48.5 Å². The van der Waals surface area contributed by atoms with Crippen molar-refractivity contribution in [3.05, 3.63) is 197 Å². The van der Waals surface area contributed by atoms with Crippen LogP contribution in [0, 0.1) is 35.0 Å². The molecule has 0 atom stereocenters. The topological polar surface area (TPSA) is 198 Å². The summed E-state index contributed by atoms with van der Waals surface area (Å²) >= 11 is 0. The van der Waals surface area contributed by atoms with E-state index in [0.29, 0.717) is 71.3 Å². The molecule has 0 aliphatic heterocycles. The molecule has 14 nitrogen and oxygen atoms in total. The fourth-order valence-electron chi connectivity index (χ4n) is 9.27. The number of terminal acetylenes is 1. The van der Waals surface area contributed by atoms with Gasteiger partial charge in [0.25, 0.3) is 0 Å². The summed E-state index contributed by atoms with van der Waals surface area (Å²) in [5.74, 6) is 1.88. The summed E-state index contributed by atoms with van der Waals surface area (Å²) in [5.41, 5.74) is 5.99. The summed E-state index contributed by atoms with van der Waals surface area (Å²) < 4.78 is 39.5. The Morgan fingerprint density at radius 2 is 0.655 bits per heavy atom. The number of nitrogens with zero attached hydrogens (tertiary/aromatic N) is 2. The van der Waals surface area contributed by atoms with E-state index in [1.165, 1.54) is 18.2 Å². The van der Waals surface area contributed by atoms with Crippen LogP contribution in [0.4, 0.5) is 0 Å². The fraction of sp³-hybridized carbons (Fsp3) is 0.301. The molecule has 14 heteroatoms. The van der Waals surface area contributed by atoms with Crippen LogP contribution in [-0.4, -0.2) is 56.3 Å². The molecule has 0 aliphatic rings. The van der Waals surface area contributed by atoms with E-state index < -0.39 is 29.8 Å². The Balaban J connectivity index is 0.693. The van der Waals surface area contributed by atoms with Gasteiger partial charge in [-0.1, -0.05) is 126 Å². The molecule has 7 aromatic rings. The van der Waals surface area contributed by atoms with Gasteiger partial charge in [0.05, 0.1) is 78.4 Å². The van der Waals surface area contributed by atoms with Gasteiger partial charge in [0.15, 0.2) is 0 Å². The van der Waals surface area contributed by atoms with Gasteiger partial charge in [0, 0.05) is 6.42 Å². The highest BCUT2D eigenvalue weighted by atomic mass is 16.6. The first-order chi connectivity index (χ1) is 42.6. The Kier molecular flexibility index (Phi) is 26.7. The number of unbranched alkanes of at least 4 members (excludes halogenated alkanes) is 14. The van der Waals surface area contributed by atoms with Gasteiger partial charge in [0.1, 0.15) is 28.7 Å². The SMILES string of the molecule is C#CCCC(=O)Oc1cc(C(=O)OCCCCCCCCCCOc2ccc(C(=O)Oc3ccc(-c4ccc(C#N)cc4)cc3)cc2)cc(C(=O)OCCCCCCCCCCOc2ccc(C(=O)Oc3ccc(-c4ccc(C#N)cc4)cc3)cc2)c1. The molecule has 7 aromatic carbocycles. The van der Waals surface area contributed by atoms with Crippen LogP contribution in [-0.2, 0) is 14.3 Å². The second-order valence-corrected chi connectivity index (χ2v) is 20.8. The van der Waals surface area contributed by atoms with Gasteiger partial charge in [-0.3, -0.25) is 4.79 Å². The predicted molar refractivity (Wildman–Crippen MR) is 332 cm³/mol. The lowest BCUT2D eigenvalue weighted by Crippen LogP contribution is -2.13. The van der Waals surface area contributed by atoms with Gasteiger partial charge in [-0.05, 0) is 163 Å². The molecular weight excluding hydrogens is 1100 g/mol. The first-order valence-corrected chi connectivity index (χ1v) is 29.8. The largest absolute Gasteiger partial charge is 0.494 e. The highest BCUT2D eigenvalue weighted by Gasteiger charge is 2.18. The molecule has 0 radical (unpaired) electrons. The molecule has 0 fully saturated rings. The Bertz CT molecular complexity index is 3240. The lowest BCUT2D eigenvalue weighted by atomic mass is 10.0. The first kappa shape index (κ1) is 64.6. The second-order valence-electron chi connectivity index (χ2n) is 20.8. The maximum atomic E-state index is 13.2. The van der Waals surface area contributed by atoms with Gasteiger partial charge in [-0.25, -0.2) is 19.2 Å². The molecule has 0 saturated heterocycles. The minimum Gasteiger partial charge on any atom is -0.494 e. The van der Waals surface area contributed by atoms with E-state index in [-0.39, 0.29) is 42.9 Å². The number of benzene rings is 7. The van der Waals surface area contributed by atoms with Crippen LogP contribution >= 0.6 is 0 Å². The Hall–Kier alpha value is -9.97. The minimum absolute atomic E-state index is 0.0192. The highest BCUT2D eigenvalue weighted by molar-refractivity contribution is 5.96. The van der Waals surface area contributed by atoms with Crippen molar-refractivity contribution >= 4 is 29.8 Å². The van der Waals surface area contributed by atoms with Crippen molar-refractivity contribution in [1.29, 1.82) is 10.5 Å². The van der Waals surface area contributed by atoms with Gasteiger partial charge >= 0.3 is 29.8 Å². The number of hydrogen-bond donors (Lipinski definition) is 0. The zero-order valence-electron chi connectivity index (χ0n) is 49.0. The monoisotopic (exact) mass is 1170 g/mol. The summed E-state index contributed by atoms with van der Waals surface area (Å²) in [6, 6.07) is 51.2. The number of rotatable bonds is 35. The van der Waals surface area contributed by atoms with E-state index in [4.69, 9.17) is 50.1 Å². The van der Waals surface area contributed by atoms with E-state index >= 15 is 0 Å². The van der Waals surface area contributed by atoms with Crippen LogP contribution in [0.3, 0.4) is 0 Å². The molecule has 446 valence electrons. The van der Waals surface area contributed by atoms with Crippen molar-refractivity contribution in [1.82, 2.24) is 0 Å². The normalized spacial score (nSPS) is 10.6. The molecule has 7 rings (SSSR count). The first-order valence-electron chi connectivity index (χ1n) is 29.8. The molecule has 0 bridgehead atoms. The van der Waals surface area contributed by atoms with Crippen LogP contribution in [0.1, 0.15) is 168 Å². The molecule has 0 unspecified atom stereocenters. The Morgan fingerprint density at radius 3 is 1.00 bits per heavy atom. The van der Waals surface area contributed by atoms with Crippen LogP contribution in [0.15, 0.2) is 164 Å². The third-order valence-corrected chi connectivity index (χ3v) is 14.2. The van der Waals surface area contributed by atoms with Gasteiger partial charge < -0.3 is 33.2 Å². The predicted octanol–water partition coefficient (Wildman–Crippen LogP) is 16.2. The number of carbonyl (C=O) groups excluding carboxylic acids is 5. The van der Waals surface area contributed by atoms with Crippen molar-refractivity contribution in [3.63, 3.8) is 0 Å². The zero-order valence-corrected chi connectivity index (χ0v) is 49.0. The van der Waals surface area contributed by atoms with Crippen LogP contribution in [0.2, 0.25) is 0 Å². The number of esters is 5. The highest BCUT2D eigenvalue weighted by Crippen LogP contribution is 2.27. The zero-order chi connectivity index (χ0) is 61.3. The number of hydrogen-bond acceptors (Lipinski definition) is 14. The number of carbonyl (C=O) groups is 5. The maximum Gasteiger partial charge on any atom is 0.343 e. The number of ether oxygens (including phenoxy) is 7. The molecular formula is C73H72N2O12. The molecule has 87 heavy (non-hydrogen) atoms. The Labute approximate surface area is 509 Å². The van der Waals surface area contributed by atoms with E-state index in [9.17, 15) is 24.0 Å². The van der Waals surface area contributed by atoms with Crippen molar-refractivity contribution in [2.75, 3.05) is 26.4 Å². The summed E-state index contributed by atoms with van der Waals surface area (Å²) in [6.45, 7) is 1.54. The standard InChI is InChI=1S/C73H72N2O12/c1-2-3-20-69(76)85-68-50-62(70(77)83-47-18-14-10-6-4-8-12-16-45-81-64-37-33-60(34-38-64)72(79)86-66-41-29-58(30-42-66)56-25-21-54(52-74)22-26-56)49-63(51-68)71(78)84-48-19-15-11-7-5-9-13-17-46-82-65-39-35-61(36-40-65)73(80)87-67-43-31-59(32-44-67)57-27-23-55(53-75)24-28-57/h1,21-44,49-51H,3-20,45-48H2. The molecule has 0 spiro atoms. The van der Waals surface area contributed by atoms with Crippen molar-refractivity contribution in [2.24, 2.45) is 0 Å². The third kappa shape index (κ3) is 22.5. The molecule has 0 heterocycles. The Morgan fingerprint density at radius 1 is 0.333 bits per heavy atom. The number of nitriles is 2. The van der Waals surface area contributed by atoms with Crippen LogP contribution < -0.4 is 23.7 Å². The maximum absolute atomic E-state index is 13.2. The average Bonchev–Trinajstić information content (AvgIpc) is 3.46. The summed E-state index contributed by atoms with van der Waals surface area (Å²) in [6.07, 6.45) is 20.8. The quantitative estimate of drug-likeness (QED) is 0.0157. The van der Waals surface area contributed by atoms with Crippen LogP contribution in [0.25, 0.3) is 22.3 Å². The molecule has 0 N–H and O–H groups in total. The van der Waals surface area contributed by atoms with Crippen molar-refractivity contribution in [3.8, 4) is 75.5 Å². The van der Waals surface area contributed by atoms with Gasteiger partial charge in [-0.2, -0.15) is 10.5 Å². The summed E-state index contributed by atoms with van der Waals surface area (Å²) in [5, 5.41) is 18.1. The minimum atomic E-state index is -0.632. The third-order valence-electron chi connectivity index (χ3n) is 14.2. The second kappa shape index (κ2) is 36.0. The molecule has 0 aliphatic carbocycles. The van der Waals surface area contributed by atoms with Crippen molar-refractivity contribution < 1.29 is 57.1 Å². The average molecular weight is 1170 g/mol. The summed E-state index contributed by atoms with van der Waals surface area (Å²) in [4.78, 5) is 64.3. The molecule has 0 saturated carbocycles. The smallest absolute Gasteiger partial charge is 0.343 e. The molecule has 0 aromatic heterocycles. The van der Waals surface area contributed by atoms with E-state index in [0.717, 1.165) is 112 Å². The van der Waals surface area contributed by atoms with E-state index in [2.05, 4.69) is 18.1 Å². The van der Waals surface area contributed by atoms with Gasteiger partial charge in [0.2, 0.25) is 0 Å². The van der Waals surface area contributed by atoms with Gasteiger partial charge in [-0.15, -0.1) is 12.3 Å². The van der Waals surface area contributed by atoms with Crippen LogP contribution in [0.5, 0.6) is 28.7 Å². The lowest BCUT2D eigenvalue weighted by molar-refractivity contribution is -0.134.